The molecule has 4 aliphatic rings. The Morgan fingerprint density at radius 2 is 2.04 bits per heavy atom. The van der Waals surface area contributed by atoms with Gasteiger partial charge >= 0.3 is 0 Å². The monoisotopic (exact) mass is 383 g/mol. The van der Waals surface area contributed by atoms with Gasteiger partial charge in [0.1, 0.15) is 11.5 Å². The zero-order valence-corrected chi connectivity index (χ0v) is 17.5. The van der Waals surface area contributed by atoms with Gasteiger partial charge in [-0.05, 0) is 67.3 Å². The molecule has 2 bridgehead atoms. The van der Waals surface area contributed by atoms with Crippen LogP contribution in [0.4, 0.5) is 0 Å². The lowest BCUT2D eigenvalue weighted by molar-refractivity contribution is -0.211. The number of ether oxygens (including phenoxy) is 2. The highest BCUT2D eigenvalue weighted by Crippen LogP contribution is 2.61. The molecule has 0 N–H and O–H groups in total. The van der Waals surface area contributed by atoms with Crippen molar-refractivity contribution >= 4 is 5.78 Å². The molecule has 1 aromatic rings. The van der Waals surface area contributed by atoms with Crippen molar-refractivity contribution in [2.45, 2.75) is 68.9 Å². The standard InChI is InChI=1S/C24H33NO3/c1-16-11-19(26)14-23-9-10-25(15-17-5-4-6-17)22(24(16,23)28-3)12-18-7-8-20(27-2)13-21(18)23/h7-8,13,16-17,22H,4-6,9-12,14-15H2,1-3H3/t16-,22-,23-,24-/m1/s1. The molecule has 0 aromatic heterocycles. The van der Waals surface area contributed by atoms with E-state index >= 15 is 0 Å². The van der Waals surface area contributed by atoms with Crippen molar-refractivity contribution in [1.29, 1.82) is 0 Å². The quantitative estimate of drug-likeness (QED) is 0.794. The van der Waals surface area contributed by atoms with Gasteiger partial charge in [-0.1, -0.05) is 19.4 Å². The lowest BCUT2D eigenvalue weighted by atomic mass is 9.46. The molecule has 0 amide bonds. The van der Waals surface area contributed by atoms with Crippen molar-refractivity contribution in [3.05, 3.63) is 29.3 Å². The summed E-state index contributed by atoms with van der Waals surface area (Å²) < 4.78 is 12.1. The topological polar surface area (TPSA) is 38.8 Å². The molecule has 3 aliphatic carbocycles. The summed E-state index contributed by atoms with van der Waals surface area (Å²) in [5, 5.41) is 0. The number of ketones is 1. The van der Waals surface area contributed by atoms with Gasteiger partial charge in [0.05, 0.1) is 12.7 Å². The minimum atomic E-state index is -0.289. The number of carbonyl (C=O) groups excluding carboxylic acids is 1. The van der Waals surface area contributed by atoms with Crippen molar-refractivity contribution < 1.29 is 14.3 Å². The van der Waals surface area contributed by atoms with E-state index in [1.54, 1.807) is 7.11 Å². The third kappa shape index (κ3) is 2.34. The summed E-state index contributed by atoms with van der Waals surface area (Å²) in [5.41, 5.74) is 2.19. The summed E-state index contributed by atoms with van der Waals surface area (Å²) in [6.45, 7) is 4.52. The second kappa shape index (κ2) is 6.56. The van der Waals surface area contributed by atoms with Crippen LogP contribution in [0, 0.1) is 11.8 Å². The molecule has 3 fully saturated rings. The van der Waals surface area contributed by atoms with Crippen molar-refractivity contribution in [1.82, 2.24) is 4.90 Å². The van der Waals surface area contributed by atoms with Gasteiger partial charge in [0.25, 0.3) is 0 Å². The minimum absolute atomic E-state index is 0.223. The first kappa shape index (κ1) is 18.6. The Morgan fingerprint density at radius 3 is 2.71 bits per heavy atom. The maximum Gasteiger partial charge on any atom is 0.134 e. The lowest BCUT2D eigenvalue weighted by Gasteiger charge is -2.67. The molecule has 0 radical (unpaired) electrons. The van der Waals surface area contributed by atoms with Gasteiger partial charge in [0.15, 0.2) is 0 Å². The molecular formula is C24H33NO3. The molecule has 1 saturated heterocycles. The first-order valence-corrected chi connectivity index (χ1v) is 11.0. The number of carbonyl (C=O) groups is 1. The molecule has 2 saturated carbocycles. The summed E-state index contributed by atoms with van der Waals surface area (Å²) in [6, 6.07) is 6.87. The fraction of sp³-hybridized carbons (Fsp3) is 0.708. The molecular weight excluding hydrogens is 350 g/mol. The molecule has 1 heterocycles. The summed E-state index contributed by atoms with van der Waals surface area (Å²) in [4.78, 5) is 15.6. The molecule has 4 atom stereocenters. The zero-order chi connectivity index (χ0) is 19.5. The summed E-state index contributed by atoms with van der Waals surface area (Å²) in [7, 11) is 3.62. The average molecular weight is 384 g/mol. The summed E-state index contributed by atoms with van der Waals surface area (Å²) in [5.74, 6) is 2.35. The van der Waals surface area contributed by atoms with Crippen LogP contribution in [-0.4, -0.2) is 49.6 Å². The molecule has 0 unspecified atom stereocenters. The van der Waals surface area contributed by atoms with Crippen LogP contribution in [0.5, 0.6) is 5.75 Å². The van der Waals surface area contributed by atoms with Crippen LogP contribution in [0.1, 0.15) is 56.6 Å². The van der Waals surface area contributed by atoms with Crippen LogP contribution < -0.4 is 4.74 Å². The highest BCUT2D eigenvalue weighted by molar-refractivity contribution is 5.83. The zero-order valence-electron chi connectivity index (χ0n) is 17.5. The number of hydrogen-bond donors (Lipinski definition) is 0. The minimum Gasteiger partial charge on any atom is -0.497 e. The smallest absolute Gasteiger partial charge is 0.134 e. The van der Waals surface area contributed by atoms with Crippen LogP contribution in [0.25, 0.3) is 0 Å². The van der Waals surface area contributed by atoms with Gasteiger partial charge in [-0.3, -0.25) is 9.69 Å². The van der Waals surface area contributed by atoms with E-state index in [1.807, 2.05) is 7.11 Å². The number of methoxy groups -OCH3 is 2. The number of nitrogens with zero attached hydrogens (tertiary/aromatic N) is 1. The van der Waals surface area contributed by atoms with E-state index in [-0.39, 0.29) is 16.9 Å². The maximum atomic E-state index is 12.9. The van der Waals surface area contributed by atoms with Crippen LogP contribution in [-0.2, 0) is 21.4 Å². The number of rotatable bonds is 4. The van der Waals surface area contributed by atoms with Gasteiger partial charge in [-0.25, -0.2) is 0 Å². The van der Waals surface area contributed by atoms with Gasteiger partial charge in [-0.15, -0.1) is 0 Å². The van der Waals surface area contributed by atoms with Gasteiger partial charge < -0.3 is 9.47 Å². The Bertz CT molecular complexity index is 788. The molecule has 152 valence electrons. The number of hydrogen-bond acceptors (Lipinski definition) is 4. The average Bonchev–Trinajstić information content (AvgIpc) is 2.65. The second-order valence-electron chi connectivity index (χ2n) is 9.68. The lowest BCUT2D eigenvalue weighted by Crippen LogP contribution is -2.76. The Kier molecular flexibility index (Phi) is 4.37. The highest BCUT2D eigenvalue weighted by Gasteiger charge is 2.68. The molecule has 1 aliphatic heterocycles. The molecule has 4 nitrogen and oxygen atoms in total. The molecule has 1 aromatic carbocycles. The van der Waals surface area contributed by atoms with Gasteiger partial charge in [0.2, 0.25) is 0 Å². The van der Waals surface area contributed by atoms with Crippen LogP contribution in [0.3, 0.4) is 0 Å². The summed E-state index contributed by atoms with van der Waals surface area (Å²) in [6.07, 6.45) is 7.39. The van der Waals surface area contributed by atoms with Gasteiger partial charge in [0, 0.05) is 38.0 Å². The Morgan fingerprint density at radius 1 is 1.21 bits per heavy atom. The van der Waals surface area contributed by atoms with E-state index in [4.69, 9.17) is 9.47 Å². The normalized spacial score (nSPS) is 37.8. The molecule has 0 spiro atoms. The number of benzene rings is 1. The predicted octanol–water partition coefficient (Wildman–Crippen LogP) is 3.75. The Balaban J connectivity index is 1.67. The number of likely N-dealkylation sites (tertiary alicyclic amines) is 1. The van der Waals surface area contributed by atoms with Crippen LogP contribution in [0.2, 0.25) is 0 Å². The van der Waals surface area contributed by atoms with E-state index in [2.05, 4.69) is 30.0 Å². The third-order valence-corrected chi connectivity index (χ3v) is 8.58. The van der Waals surface area contributed by atoms with E-state index in [0.29, 0.717) is 24.7 Å². The number of Topliss-reactive ketones (excluding diaryl/α,β-unsaturated/α-hetero) is 1. The second-order valence-corrected chi connectivity index (χ2v) is 9.68. The molecule has 5 rings (SSSR count). The largest absolute Gasteiger partial charge is 0.497 e. The SMILES string of the molecule is COc1ccc2c(c1)[C@]13CCN(CC4CCC4)[C@H](C2)[C@]1(OC)[C@H](C)CC(=O)C3. The van der Waals surface area contributed by atoms with Gasteiger partial charge in [-0.2, -0.15) is 0 Å². The first-order valence-electron chi connectivity index (χ1n) is 11.0. The van der Waals surface area contributed by atoms with E-state index < -0.39 is 0 Å². The number of piperidine rings is 1. The fourth-order valence-corrected chi connectivity index (χ4v) is 7.20. The highest BCUT2D eigenvalue weighted by atomic mass is 16.5. The van der Waals surface area contributed by atoms with Crippen molar-refractivity contribution in [3.8, 4) is 5.75 Å². The number of fused-ring (bicyclic) bond motifs is 1. The van der Waals surface area contributed by atoms with Crippen molar-refractivity contribution in [2.24, 2.45) is 11.8 Å². The Labute approximate surface area is 168 Å². The van der Waals surface area contributed by atoms with Crippen LogP contribution >= 0.6 is 0 Å². The maximum absolute atomic E-state index is 12.9. The van der Waals surface area contributed by atoms with Crippen LogP contribution in [0.15, 0.2) is 18.2 Å². The van der Waals surface area contributed by atoms with Crippen molar-refractivity contribution in [3.63, 3.8) is 0 Å². The summed E-state index contributed by atoms with van der Waals surface area (Å²) >= 11 is 0. The third-order valence-electron chi connectivity index (χ3n) is 8.58. The van der Waals surface area contributed by atoms with E-state index in [9.17, 15) is 4.79 Å². The molecule has 4 heteroatoms. The van der Waals surface area contributed by atoms with E-state index in [0.717, 1.165) is 31.1 Å². The fourth-order valence-electron chi connectivity index (χ4n) is 7.20. The van der Waals surface area contributed by atoms with Crippen molar-refractivity contribution in [2.75, 3.05) is 27.3 Å². The first-order chi connectivity index (χ1) is 13.5. The van der Waals surface area contributed by atoms with E-state index in [1.165, 1.54) is 36.9 Å². The Hall–Kier alpha value is -1.39. The predicted molar refractivity (Wildman–Crippen MR) is 109 cm³/mol. The molecule has 28 heavy (non-hydrogen) atoms.